The van der Waals surface area contributed by atoms with Gasteiger partial charge in [0.05, 0.1) is 19.0 Å². The van der Waals surface area contributed by atoms with Gasteiger partial charge in [-0.15, -0.1) is 0 Å². The molecule has 2 fully saturated rings. The second kappa shape index (κ2) is 9.43. The van der Waals surface area contributed by atoms with E-state index in [1.165, 1.54) is 82.4 Å². The molecule has 4 rings (SSSR count). The first-order chi connectivity index (χ1) is 14.2. The Kier molecular flexibility index (Phi) is 6.48. The van der Waals surface area contributed by atoms with Crippen LogP contribution in [0.3, 0.4) is 0 Å². The van der Waals surface area contributed by atoms with Crippen molar-refractivity contribution in [2.75, 3.05) is 12.4 Å². The van der Waals surface area contributed by atoms with E-state index < -0.39 is 5.97 Å². The van der Waals surface area contributed by atoms with E-state index in [0.717, 1.165) is 11.4 Å². The average molecular weight is 393 g/mol. The zero-order valence-corrected chi connectivity index (χ0v) is 17.5. The number of nitrogens with one attached hydrogen (secondary N) is 1. The highest BCUT2D eigenvalue weighted by atomic mass is 16.5. The Labute approximate surface area is 174 Å². The van der Waals surface area contributed by atoms with Crippen molar-refractivity contribution in [2.45, 2.75) is 76.0 Å². The molecule has 1 aromatic carbocycles. The van der Waals surface area contributed by atoms with Crippen LogP contribution in [0.15, 0.2) is 36.5 Å². The number of hydrogen-bond donors (Lipinski definition) is 1. The van der Waals surface area contributed by atoms with E-state index >= 15 is 0 Å². The van der Waals surface area contributed by atoms with Crippen molar-refractivity contribution in [1.29, 1.82) is 0 Å². The van der Waals surface area contributed by atoms with E-state index in [-0.39, 0.29) is 0 Å². The number of nitrogens with zero attached hydrogens (tertiary/aromatic N) is 1. The number of hydrogen-bond acceptors (Lipinski definition) is 4. The van der Waals surface area contributed by atoms with Crippen LogP contribution in [-0.2, 0) is 4.74 Å². The normalized spacial score (nSPS) is 18.4. The maximum atomic E-state index is 11.6. The van der Waals surface area contributed by atoms with Crippen molar-refractivity contribution in [3.63, 3.8) is 0 Å². The van der Waals surface area contributed by atoms with Gasteiger partial charge in [0.1, 0.15) is 5.69 Å². The number of carbonyl (C=O) groups excluding carboxylic acids is 1. The second-order valence-electron chi connectivity index (χ2n) is 8.61. The molecule has 0 saturated heterocycles. The fourth-order valence-electron chi connectivity index (χ4n) is 4.95. The van der Waals surface area contributed by atoms with Gasteiger partial charge in [-0.2, -0.15) is 0 Å². The summed E-state index contributed by atoms with van der Waals surface area (Å²) in [5, 5.41) is 3.53. The van der Waals surface area contributed by atoms with Crippen LogP contribution in [0.1, 0.15) is 97.7 Å². The zero-order chi connectivity index (χ0) is 20.1. The highest BCUT2D eigenvalue weighted by Gasteiger charge is 2.21. The Morgan fingerprint density at radius 3 is 1.93 bits per heavy atom. The summed E-state index contributed by atoms with van der Waals surface area (Å²) >= 11 is 0. The van der Waals surface area contributed by atoms with Gasteiger partial charge in [0.15, 0.2) is 0 Å². The fourth-order valence-corrected chi connectivity index (χ4v) is 4.95. The number of aromatic nitrogens is 1. The quantitative estimate of drug-likeness (QED) is 0.575. The van der Waals surface area contributed by atoms with Crippen LogP contribution in [-0.4, -0.2) is 18.1 Å². The van der Waals surface area contributed by atoms with Gasteiger partial charge in [0.2, 0.25) is 0 Å². The molecule has 2 aliphatic carbocycles. The van der Waals surface area contributed by atoms with E-state index in [2.05, 4.69) is 28.5 Å². The summed E-state index contributed by atoms with van der Waals surface area (Å²) in [5.74, 6) is 0.968. The molecule has 29 heavy (non-hydrogen) atoms. The molecule has 0 unspecified atom stereocenters. The van der Waals surface area contributed by atoms with Crippen LogP contribution in [0.25, 0.3) is 0 Å². The molecule has 0 bridgehead atoms. The topological polar surface area (TPSA) is 51.2 Å². The molecular weight excluding hydrogens is 360 g/mol. The van der Waals surface area contributed by atoms with Crippen molar-refractivity contribution >= 4 is 17.3 Å². The molecule has 0 atom stereocenters. The SMILES string of the molecule is COC(=O)c1ccc(Nc2cc(C3CCCCC3)cc(C3CCCCC3)c2)cn1. The van der Waals surface area contributed by atoms with Crippen LogP contribution in [0, 0.1) is 0 Å². The summed E-state index contributed by atoms with van der Waals surface area (Å²) in [6.07, 6.45) is 15.1. The zero-order valence-electron chi connectivity index (χ0n) is 17.5. The van der Waals surface area contributed by atoms with Crippen LogP contribution >= 0.6 is 0 Å². The summed E-state index contributed by atoms with van der Waals surface area (Å²) in [6.45, 7) is 0. The number of methoxy groups -OCH3 is 1. The molecule has 0 amide bonds. The van der Waals surface area contributed by atoms with Crippen molar-refractivity contribution in [3.05, 3.63) is 53.3 Å². The number of pyridine rings is 1. The number of anilines is 2. The minimum absolute atomic E-state index is 0.330. The van der Waals surface area contributed by atoms with Crippen molar-refractivity contribution < 1.29 is 9.53 Å². The molecule has 0 radical (unpaired) electrons. The molecule has 2 saturated carbocycles. The third-order valence-corrected chi connectivity index (χ3v) is 6.58. The first kappa shape index (κ1) is 19.9. The van der Waals surface area contributed by atoms with Gasteiger partial charge < -0.3 is 10.1 Å². The Hall–Kier alpha value is -2.36. The Bertz CT molecular complexity index is 783. The number of carbonyl (C=O) groups is 1. The summed E-state index contributed by atoms with van der Waals surface area (Å²) in [5.41, 5.74) is 5.36. The lowest BCUT2D eigenvalue weighted by Gasteiger charge is -2.27. The fraction of sp³-hybridized carbons (Fsp3) is 0.520. The molecule has 1 aromatic heterocycles. The predicted molar refractivity (Wildman–Crippen MR) is 117 cm³/mol. The molecule has 0 aliphatic heterocycles. The van der Waals surface area contributed by atoms with Crippen LogP contribution in [0.4, 0.5) is 11.4 Å². The van der Waals surface area contributed by atoms with Gasteiger partial charge in [-0.1, -0.05) is 44.6 Å². The molecule has 154 valence electrons. The molecule has 1 N–H and O–H groups in total. The summed E-state index contributed by atoms with van der Waals surface area (Å²) < 4.78 is 4.74. The van der Waals surface area contributed by atoms with Gasteiger partial charge in [0.25, 0.3) is 0 Å². The molecular formula is C25H32N2O2. The lowest BCUT2D eigenvalue weighted by Crippen LogP contribution is -2.09. The van der Waals surface area contributed by atoms with E-state index in [4.69, 9.17) is 4.74 Å². The standard InChI is InChI=1S/C25H32N2O2/c1-29-25(28)24-13-12-22(17-26-24)27-23-15-20(18-8-4-2-5-9-18)14-21(16-23)19-10-6-3-7-11-19/h12-19,27H,2-11H2,1H3. The van der Waals surface area contributed by atoms with Crippen molar-refractivity contribution in [3.8, 4) is 0 Å². The van der Waals surface area contributed by atoms with Crippen molar-refractivity contribution in [2.24, 2.45) is 0 Å². The van der Waals surface area contributed by atoms with Gasteiger partial charge >= 0.3 is 5.97 Å². The minimum atomic E-state index is -0.407. The highest BCUT2D eigenvalue weighted by molar-refractivity contribution is 5.87. The van der Waals surface area contributed by atoms with Gasteiger partial charge in [0, 0.05) is 5.69 Å². The third-order valence-electron chi connectivity index (χ3n) is 6.58. The van der Waals surface area contributed by atoms with E-state index in [1.54, 1.807) is 12.3 Å². The lowest BCUT2D eigenvalue weighted by atomic mass is 9.79. The summed E-state index contributed by atoms with van der Waals surface area (Å²) in [6, 6.07) is 10.8. The number of benzene rings is 1. The largest absolute Gasteiger partial charge is 0.464 e. The van der Waals surface area contributed by atoms with Gasteiger partial charge in [-0.05, 0) is 72.9 Å². The minimum Gasteiger partial charge on any atom is -0.464 e. The first-order valence-corrected chi connectivity index (χ1v) is 11.2. The van der Waals surface area contributed by atoms with Crippen LogP contribution in [0.5, 0.6) is 0 Å². The average Bonchev–Trinajstić information content (AvgIpc) is 2.80. The van der Waals surface area contributed by atoms with Crippen LogP contribution in [0.2, 0.25) is 0 Å². The third kappa shape index (κ3) is 4.98. The van der Waals surface area contributed by atoms with E-state index in [1.807, 2.05) is 6.07 Å². The maximum Gasteiger partial charge on any atom is 0.356 e. The molecule has 4 heteroatoms. The Balaban J connectivity index is 1.59. The Morgan fingerprint density at radius 2 is 1.45 bits per heavy atom. The molecule has 1 heterocycles. The van der Waals surface area contributed by atoms with Crippen molar-refractivity contribution in [1.82, 2.24) is 4.98 Å². The maximum absolute atomic E-state index is 11.6. The number of rotatable bonds is 5. The first-order valence-electron chi connectivity index (χ1n) is 11.2. The Morgan fingerprint density at radius 1 is 0.862 bits per heavy atom. The molecule has 2 aromatic rings. The lowest BCUT2D eigenvalue weighted by molar-refractivity contribution is 0.0594. The van der Waals surface area contributed by atoms with Gasteiger partial charge in [-0.3, -0.25) is 0 Å². The predicted octanol–water partition coefficient (Wildman–Crippen LogP) is 6.71. The second-order valence-corrected chi connectivity index (χ2v) is 8.61. The van der Waals surface area contributed by atoms with E-state index in [9.17, 15) is 4.79 Å². The molecule has 4 nitrogen and oxygen atoms in total. The smallest absolute Gasteiger partial charge is 0.356 e. The van der Waals surface area contributed by atoms with E-state index in [0.29, 0.717) is 17.5 Å². The summed E-state index contributed by atoms with van der Waals surface area (Å²) in [4.78, 5) is 15.9. The number of ether oxygens (including phenoxy) is 1. The molecule has 0 spiro atoms. The molecule has 2 aliphatic rings. The van der Waals surface area contributed by atoms with Crippen LogP contribution < -0.4 is 5.32 Å². The highest BCUT2D eigenvalue weighted by Crippen LogP contribution is 2.39. The monoisotopic (exact) mass is 392 g/mol. The summed E-state index contributed by atoms with van der Waals surface area (Å²) in [7, 11) is 1.37. The van der Waals surface area contributed by atoms with Gasteiger partial charge in [-0.25, -0.2) is 9.78 Å². The number of esters is 1.